The molecule has 1 aromatic heterocycles. The molecule has 0 unspecified atom stereocenters. The summed E-state index contributed by atoms with van der Waals surface area (Å²) in [6.07, 6.45) is 0.893. The van der Waals surface area contributed by atoms with Gasteiger partial charge in [-0.05, 0) is 18.2 Å². The minimum Gasteiger partial charge on any atom is -0.347 e. The molecule has 3 N–H and O–H groups in total. The molecule has 0 saturated carbocycles. The third-order valence-electron chi connectivity index (χ3n) is 5.50. The molecule has 152 valence electrons. The van der Waals surface area contributed by atoms with Crippen molar-refractivity contribution >= 4 is 18.3 Å². The van der Waals surface area contributed by atoms with Crippen LogP contribution in [-0.2, 0) is 26.1 Å². The number of aromatic amines is 1. The SMILES string of the molecule is CN1CCN(Cc2ccc(CNC(=O)c3n[nH]c4c3CNCC4)cc2)CC1.Cl. The van der Waals surface area contributed by atoms with Crippen LogP contribution in [0.5, 0.6) is 0 Å². The number of nitrogens with one attached hydrogen (secondary N) is 3. The normalized spacial score (nSPS) is 17.6. The molecule has 2 aromatic rings. The smallest absolute Gasteiger partial charge is 0.272 e. The minimum absolute atomic E-state index is 0. The van der Waals surface area contributed by atoms with Crippen molar-refractivity contribution < 1.29 is 4.79 Å². The lowest BCUT2D eigenvalue weighted by Crippen LogP contribution is -2.43. The molecular formula is C20H29ClN6O. The van der Waals surface area contributed by atoms with E-state index in [1.165, 1.54) is 5.56 Å². The van der Waals surface area contributed by atoms with Crippen molar-refractivity contribution in [3.8, 4) is 0 Å². The lowest BCUT2D eigenvalue weighted by Gasteiger charge is -2.32. The number of aromatic nitrogens is 2. The predicted molar refractivity (Wildman–Crippen MR) is 112 cm³/mol. The van der Waals surface area contributed by atoms with Crippen LogP contribution in [0.15, 0.2) is 24.3 Å². The van der Waals surface area contributed by atoms with Crippen molar-refractivity contribution in [1.82, 2.24) is 30.6 Å². The Bertz CT molecular complexity index is 782. The molecule has 4 rings (SSSR count). The highest BCUT2D eigenvalue weighted by Crippen LogP contribution is 2.15. The summed E-state index contributed by atoms with van der Waals surface area (Å²) in [5.74, 6) is -0.113. The van der Waals surface area contributed by atoms with E-state index in [0.717, 1.165) is 62.5 Å². The first kappa shape index (κ1) is 20.8. The number of nitrogens with zero attached hydrogens (tertiary/aromatic N) is 3. The maximum Gasteiger partial charge on any atom is 0.272 e. The van der Waals surface area contributed by atoms with Gasteiger partial charge in [0.15, 0.2) is 5.69 Å². The monoisotopic (exact) mass is 404 g/mol. The Morgan fingerprint density at radius 1 is 1.14 bits per heavy atom. The third-order valence-corrected chi connectivity index (χ3v) is 5.50. The van der Waals surface area contributed by atoms with Crippen LogP contribution in [0, 0.1) is 0 Å². The molecule has 0 atom stereocenters. The van der Waals surface area contributed by atoms with Crippen LogP contribution < -0.4 is 10.6 Å². The molecule has 0 bridgehead atoms. The summed E-state index contributed by atoms with van der Waals surface area (Å²) in [4.78, 5) is 17.3. The van der Waals surface area contributed by atoms with Crippen LogP contribution in [0.4, 0.5) is 0 Å². The second kappa shape index (κ2) is 9.52. The Morgan fingerprint density at radius 3 is 2.61 bits per heavy atom. The van der Waals surface area contributed by atoms with Gasteiger partial charge in [-0.25, -0.2) is 0 Å². The molecule has 2 aliphatic rings. The van der Waals surface area contributed by atoms with Gasteiger partial charge in [-0.2, -0.15) is 5.10 Å². The van der Waals surface area contributed by atoms with Gasteiger partial charge >= 0.3 is 0 Å². The van der Waals surface area contributed by atoms with E-state index in [0.29, 0.717) is 18.8 Å². The van der Waals surface area contributed by atoms with E-state index < -0.39 is 0 Å². The van der Waals surface area contributed by atoms with Crippen LogP contribution in [-0.4, -0.2) is 65.7 Å². The highest BCUT2D eigenvalue weighted by molar-refractivity contribution is 5.94. The van der Waals surface area contributed by atoms with Crippen molar-refractivity contribution in [2.24, 2.45) is 0 Å². The van der Waals surface area contributed by atoms with Crippen LogP contribution >= 0.6 is 12.4 Å². The summed E-state index contributed by atoms with van der Waals surface area (Å²) in [7, 11) is 2.18. The summed E-state index contributed by atoms with van der Waals surface area (Å²) >= 11 is 0. The molecule has 2 aliphatic heterocycles. The number of hydrogen-bond acceptors (Lipinski definition) is 5. The predicted octanol–water partition coefficient (Wildman–Crippen LogP) is 1.15. The largest absolute Gasteiger partial charge is 0.347 e. The fourth-order valence-corrected chi connectivity index (χ4v) is 3.71. The maximum absolute atomic E-state index is 12.5. The molecule has 1 fully saturated rings. The van der Waals surface area contributed by atoms with Gasteiger partial charge in [-0.3, -0.25) is 14.8 Å². The zero-order valence-electron chi connectivity index (χ0n) is 16.3. The van der Waals surface area contributed by atoms with Gasteiger partial charge in [0.1, 0.15) is 0 Å². The van der Waals surface area contributed by atoms with Crippen molar-refractivity contribution in [3.63, 3.8) is 0 Å². The summed E-state index contributed by atoms with van der Waals surface area (Å²) in [6.45, 7) is 7.66. The van der Waals surface area contributed by atoms with Crippen LogP contribution in [0.3, 0.4) is 0 Å². The minimum atomic E-state index is -0.113. The lowest BCUT2D eigenvalue weighted by molar-refractivity contribution is 0.0944. The van der Waals surface area contributed by atoms with Crippen LogP contribution in [0.2, 0.25) is 0 Å². The average molecular weight is 405 g/mol. The second-order valence-corrected chi connectivity index (χ2v) is 7.53. The fourth-order valence-electron chi connectivity index (χ4n) is 3.71. The molecule has 28 heavy (non-hydrogen) atoms. The zero-order valence-corrected chi connectivity index (χ0v) is 17.1. The van der Waals surface area contributed by atoms with E-state index in [2.05, 4.69) is 61.9 Å². The first-order valence-corrected chi connectivity index (χ1v) is 9.73. The Balaban J connectivity index is 0.00000225. The first-order chi connectivity index (χ1) is 13.2. The summed E-state index contributed by atoms with van der Waals surface area (Å²) in [5.41, 5.74) is 5.02. The zero-order chi connectivity index (χ0) is 18.6. The van der Waals surface area contributed by atoms with Crippen LogP contribution in [0.25, 0.3) is 0 Å². The topological polar surface area (TPSA) is 76.3 Å². The van der Waals surface area contributed by atoms with E-state index in [4.69, 9.17) is 0 Å². The van der Waals surface area contributed by atoms with Crippen molar-refractivity contribution in [2.45, 2.75) is 26.1 Å². The summed E-state index contributed by atoms with van der Waals surface area (Å²) in [5, 5.41) is 13.5. The fraction of sp³-hybridized carbons (Fsp3) is 0.500. The average Bonchev–Trinajstić information content (AvgIpc) is 3.13. The van der Waals surface area contributed by atoms with Crippen molar-refractivity contribution in [3.05, 3.63) is 52.3 Å². The van der Waals surface area contributed by atoms with E-state index in [1.807, 2.05) is 0 Å². The van der Waals surface area contributed by atoms with E-state index in [1.54, 1.807) is 0 Å². The highest BCUT2D eigenvalue weighted by Gasteiger charge is 2.21. The van der Waals surface area contributed by atoms with Crippen molar-refractivity contribution in [2.75, 3.05) is 39.8 Å². The molecule has 3 heterocycles. The highest BCUT2D eigenvalue weighted by atomic mass is 35.5. The quantitative estimate of drug-likeness (QED) is 0.697. The van der Waals surface area contributed by atoms with E-state index in [-0.39, 0.29) is 18.3 Å². The Hall–Kier alpha value is -1.93. The maximum atomic E-state index is 12.5. The number of H-pyrrole nitrogens is 1. The number of amides is 1. The van der Waals surface area contributed by atoms with Gasteiger partial charge in [0.05, 0.1) is 0 Å². The number of benzene rings is 1. The number of carbonyl (C=O) groups is 1. The number of halogens is 1. The van der Waals surface area contributed by atoms with Gasteiger partial charge in [-0.1, -0.05) is 24.3 Å². The molecule has 1 amide bonds. The van der Waals surface area contributed by atoms with Crippen molar-refractivity contribution in [1.29, 1.82) is 0 Å². The van der Waals surface area contributed by atoms with Gasteiger partial charge in [0.2, 0.25) is 0 Å². The summed E-state index contributed by atoms with van der Waals surface area (Å²) < 4.78 is 0. The standard InChI is InChI=1S/C20H28N6O.ClH/c1-25-8-10-26(11-9-25)14-16-4-2-15(3-5-16)12-22-20(27)19-17-13-21-7-6-18(17)23-24-19;/h2-5,21H,6-14H2,1H3,(H,22,27)(H,23,24);1H. The first-order valence-electron chi connectivity index (χ1n) is 9.73. The van der Waals surface area contributed by atoms with Gasteiger partial charge in [0.25, 0.3) is 5.91 Å². The molecule has 7 nitrogen and oxygen atoms in total. The Morgan fingerprint density at radius 2 is 1.86 bits per heavy atom. The Labute approximate surface area is 172 Å². The molecule has 1 aromatic carbocycles. The molecule has 0 aliphatic carbocycles. The summed E-state index contributed by atoms with van der Waals surface area (Å²) in [6, 6.07) is 8.54. The van der Waals surface area contributed by atoms with E-state index >= 15 is 0 Å². The number of fused-ring (bicyclic) bond motifs is 1. The number of piperazine rings is 1. The van der Waals surface area contributed by atoms with Crippen LogP contribution in [0.1, 0.15) is 32.9 Å². The number of hydrogen-bond donors (Lipinski definition) is 3. The lowest BCUT2D eigenvalue weighted by atomic mass is 10.1. The van der Waals surface area contributed by atoms with E-state index in [9.17, 15) is 4.79 Å². The molecule has 0 radical (unpaired) electrons. The molecule has 0 spiro atoms. The number of rotatable bonds is 5. The third kappa shape index (κ3) is 4.91. The Kier molecular flexibility index (Phi) is 7.07. The van der Waals surface area contributed by atoms with Gasteiger partial charge in [-0.15, -0.1) is 12.4 Å². The van der Waals surface area contributed by atoms with Gasteiger partial charge in [0, 0.05) is 70.0 Å². The second-order valence-electron chi connectivity index (χ2n) is 7.53. The molecule has 8 heteroatoms. The molecular weight excluding hydrogens is 376 g/mol. The number of carbonyl (C=O) groups excluding carboxylic acids is 1. The van der Waals surface area contributed by atoms with Gasteiger partial charge < -0.3 is 15.5 Å². The number of likely N-dealkylation sites (N-methyl/N-ethyl adjacent to an activating group) is 1. The molecule has 1 saturated heterocycles.